The second-order valence-corrected chi connectivity index (χ2v) is 6.31. The molecule has 0 aliphatic carbocycles. The SMILES string of the molecule is O=C(O)c1cc(Br)ccc1Oc1ccc(Br)cc1Br. The molecule has 6 heteroatoms. The molecule has 0 fully saturated rings. The molecule has 1 N–H and O–H groups in total. The molecule has 0 bridgehead atoms. The van der Waals surface area contributed by atoms with Crippen molar-refractivity contribution >= 4 is 53.8 Å². The van der Waals surface area contributed by atoms with Crippen LogP contribution in [0.25, 0.3) is 0 Å². The summed E-state index contributed by atoms with van der Waals surface area (Å²) in [5.41, 5.74) is 0.101. The van der Waals surface area contributed by atoms with E-state index in [0.29, 0.717) is 16.0 Å². The molecule has 2 aromatic carbocycles. The molecule has 0 spiro atoms. The lowest BCUT2D eigenvalue weighted by Crippen LogP contribution is -2.00. The van der Waals surface area contributed by atoms with Gasteiger partial charge < -0.3 is 9.84 Å². The van der Waals surface area contributed by atoms with Crippen LogP contribution in [0.5, 0.6) is 11.5 Å². The van der Waals surface area contributed by atoms with Gasteiger partial charge in [0.15, 0.2) is 0 Å². The monoisotopic (exact) mass is 448 g/mol. The number of carbonyl (C=O) groups is 1. The van der Waals surface area contributed by atoms with E-state index in [1.165, 1.54) is 6.07 Å². The van der Waals surface area contributed by atoms with E-state index in [2.05, 4.69) is 47.8 Å². The molecule has 0 heterocycles. The van der Waals surface area contributed by atoms with Crippen LogP contribution in [0.15, 0.2) is 49.8 Å². The zero-order chi connectivity index (χ0) is 14.0. The Balaban J connectivity index is 2.40. The number of hydrogen-bond acceptors (Lipinski definition) is 2. The second kappa shape index (κ2) is 6.07. The van der Waals surface area contributed by atoms with E-state index in [1.807, 2.05) is 12.1 Å². The van der Waals surface area contributed by atoms with Crippen molar-refractivity contribution in [1.29, 1.82) is 0 Å². The van der Waals surface area contributed by atoms with Crippen molar-refractivity contribution in [2.75, 3.05) is 0 Å². The number of carboxylic acids is 1. The molecule has 0 amide bonds. The van der Waals surface area contributed by atoms with E-state index >= 15 is 0 Å². The molecule has 0 saturated heterocycles. The lowest BCUT2D eigenvalue weighted by Gasteiger charge is -2.10. The van der Waals surface area contributed by atoms with Crippen LogP contribution >= 0.6 is 47.8 Å². The van der Waals surface area contributed by atoms with Gasteiger partial charge in [-0.25, -0.2) is 4.79 Å². The minimum absolute atomic E-state index is 0.101. The van der Waals surface area contributed by atoms with Gasteiger partial charge in [-0.1, -0.05) is 31.9 Å². The zero-order valence-electron chi connectivity index (χ0n) is 9.36. The molecule has 98 valence electrons. The van der Waals surface area contributed by atoms with Gasteiger partial charge in [0.1, 0.15) is 17.1 Å². The number of aromatic carboxylic acids is 1. The molecule has 19 heavy (non-hydrogen) atoms. The van der Waals surface area contributed by atoms with Crippen molar-refractivity contribution in [2.24, 2.45) is 0 Å². The molecule has 0 saturated carbocycles. The van der Waals surface area contributed by atoms with Crippen LogP contribution < -0.4 is 4.74 Å². The highest BCUT2D eigenvalue weighted by Gasteiger charge is 2.13. The van der Waals surface area contributed by atoms with Gasteiger partial charge in [-0.3, -0.25) is 0 Å². The molecule has 2 aromatic rings. The predicted molar refractivity (Wildman–Crippen MR) is 83.0 cm³/mol. The summed E-state index contributed by atoms with van der Waals surface area (Å²) in [5, 5.41) is 9.16. The smallest absolute Gasteiger partial charge is 0.339 e. The lowest BCUT2D eigenvalue weighted by molar-refractivity contribution is 0.0694. The maximum atomic E-state index is 11.2. The average Bonchev–Trinajstić information content (AvgIpc) is 2.34. The summed E-state index contributed by atoms with van der Waals surface area (Å²) >= 11 is 9.95. The third-order valence-electron chi connectivity index (χ3n) is 2.29. The number of rotatable bonds is 3. The molecule has 3 nitrogen and oxygen atoms in total. The first-order chi connectivity index (χ1) is 8.97. The van der Waals surface area contributed by atoms with Gasteiger partial charge in [0.05, 0.1) is 4.47 Å². The molecule has 0 aromatic heterocycles. The highest BCUT2D eigenvalue weighted by molar-refractivity contribution is 9.11. The van der Waals surface area contributed by atoms with Crippen molar-refractivity contribution in [3.63, 3.8) is 0 Å². The van der Waals surface area contributed by atoms with Gasteiger partial charge in [0.2, 0.25) is 0 Å². The zero-order valence-corrected chi connectivity index (χ0v) is 14.1. The van der Waals surface area contributed by atoms with Crippen LogP contribution in [0.3, 0.4) is 0 Å². The fraction of sp³-hybridized carbons (Fsp3) is 0. The van der Waals surface area contributed by atoms with Crippen LogP contribution in [0.4, 0.5) is 0 Å². The van der Waals surface area contributed by atoms with E-state index in [1.54, 1.807) is 18.2 Å². The van der Waals surface area contributed by atoms with E-state index in [0.717, 1.165) is 8.95 Å². The molecular formula is C13H7Br3O3. The summed E-state index contributed by atoms with van der Waals surface area (Å²) in [6.07, 6.45) is 0. The number of ether oxygens (including phenoxy) is 1. The van der Waals surface area contributed by atoms with Gasteiger partial charge in [-0.15, -0.1) is 0 Å². The van der Waals surface area contributed by atoms with Crippen LogP contribution in [0.2, 0.25) is 0 Å². The number of hydrogen-bond donors (Lipinski definition) is 1. The van der Waals surface area contributed by atoms with E-state index in [9.17, 15) is 4.79 Å². The van der Waals surface area contributed by atoms with Crippen molar-refractivity contribution in [3.05, 3.63) is 55.4 Å². The second-order valence-electron chi connectivity index (χ2n) is 3.62. The minimum atomic E-state index is -1.04. The summed E-state index contributed by atoms with van der Waals surface area (Å²) < 4.78 is 7.97. The van der Waals surface area contributed by atoms with Crippen molar-refractivity contribution in [3.8, 4) is 11.5 Å². The summed E-state index contributed by atoms with van der Waals surface area (Å²) in [7, 11) is 0. The fourth-order valence-electron chi connectivity index (χ4n) is 1.43. The maximum absolute atomic E-state index is 11.2. The summed E-state index contributed by atoms with van der Waals surface area (Å²) in [6, 6.07) is 10.2. The maximum Gasteiger partial charge on any atom is 0.339 e. The summed E-state index contributed by atoms with van der Waals surface area (Å²) in [5.74, 6) is -0.198. The fourth-order valence-corrected chi connectivity index (χ4v) is 2.92. The van der Waals surface area contributed by atoms with Crippen molar-refractivity contribution < 1.29 is 14.6 Å². The summed E-state index contributed by atoms with van der Waals surface area (Å²) in [6.45, 7) is 0. The highest BCUT2D eigenvalue weighted by atomic mass is 79.9. The van der Waals surface area contributed by atoms with Crippen LogP contribution in [0.1, 0.15) is 10.4 Å². The molecule has 0 radical (unpaired) electrons. The quantitative estimate of drug-likeness (QED) is 0.675. The largest absolute Gasteiger partial charge is 0.478 e. The molecule has 0 aliphatic rings. The Morgan fingerprint density at radius 1 is 0.947 bits per heavy atom. The average molecular weight is 451 g/mol. The van der Waals surface area contributed by atoms with Crippen LogP contribution in [0, 0.1) is 0 Å². The number of halogens is 3. The third kappa shape index (κ3) is 3.58. The van der Waals surface area contributed by atoms with Crippen molar-refractivity contribution in [1.82, 2.24) is 0 Å². The van der Waals surface area contributed by atoms with Gasteiger partial charge >= 0.3 is 5.97 Å². The third-order valence-corrected chi connectivity index (χ3v) is 3.89. The normalized spacial score (nSPS) is 10.3. The van der Waals surface area contributed by atoms with Crippen LogP contribution in [-0.4, -0.2) is 11.1 Å². The standard InChI is InChI=1S/C13H7Br3O3/c14-7-1-3-11(9(5-7)13(17)18)19-12-4-2-8(15)6-10(12)16/h1-6H,(H,17,18). The van der Waals surface area contributed by atoms with Gasteiger partial charge in [-0.2, -0.15) is 0 Å². The Morgan fingerprint density at radius 2 is 1.53 bits per heavy atom. The number of carboxylic acid groups (broad SMARTS) is 1. The Morgan fingerprint density at radius 3 is 2.11 bits per heavy atom. The van der Waals surface area contributed by atoms with Gasteiger partial charge in [-0.05, 0) is 52.3 Å². The molecule has 0 aliphatic heterocycles. The molecule has 0 unspecified atom stereocenters. The molecular weight excluding hydrogens is 444 g/mol. The minimum Gasteiger partial charge on any atom is -0.478 e. The van der Waals surface area contributed by atoms with E-state index < -0.39 is 5.97 Å². The highest BCUT2D eigenvalue weighted by Crippen LogP contribution is 2.34. The topological polar surface area (TPSA) is 46.5 Å². The van der Waals surface area contributed by atoms with E-state index in [-0.39, 0.29) is 5.56 Å². The first-order valence-corrected chi connectivity index (χ1v) is 7.51. The lowest BCUT2D eigenvalue weighted by atomic mass is 10.2. The first kappa shape index (κ1) is 14.6. The van der Waals surface area contributed by atoms with Crippen LogP contribution in [-0.2, 0) is 0 Å². The molecule has 0 atom stereocenters. The van der Waals surface area contributed by atoms with Gasteiger partial charge in [0, 0.05) is 8.95 Å². The summed E-state index contributed by atoms with van der Waals surface area (Å²) in [4.78, 5) is 11.2. The van der Waals surface area contributed by atoms with E-state index in [4.69, 9.17) is 9.84 Å². The Labute approximate surface area is 135 Å². The first-order valence-electron chi connectivity index (χ1n) is 5.13. The van der Waals surface area contributed by atoms with Gasteiger partial charge in [0.25, 0.3) is 0 Å². The molecule has 2 rings (SSSR count). The predicted octanol–water partition coefficient (Wildman–Crippen LogP) is 5.46. The van der Waals surface area contributed by atoms with Crippen molar-refractivity contribution in [2.45, 2.75) is 0 Å². The Hall–Kier alpha value is -0.850. The Bertz CT molecular complexity index is 641. The number of benzene rings is 2. The Kier molecular flexibility index (Phi) is 4.65.